The Morgan fingerprint density at radius 3 is 2.61 bits per heavy atom. The Morgan fingerprint density at radius 2 is 1.96 bits per heavy atom. The Morgan fingerprint density at radius 1 is 1.30 bits per heavy atom. The largest absolute Gasteiger partial charge is 0.349 e. The molecule has 4 heteroatoms. The quantitative estimate of drug-likeness (QED) is 0.612. The number of carbonyl (C=O) groups is 1. The lowest BCUT2D eigenvalue weighted by Gasteiger charge is -2.30. The number of likely N-dealkylation sites (N-methyl/N-ethyl adjacent to an activating group) is 1. The number of hydrogen-bond donors (Lipinski definition) is 3. The van der Waals surface area contributed by atoms with Gasteiger partial charge in [-0.15, -0.1) is 0 Å². The highest BCUT2D eigenvalue weighted by Crippen LogP contribution is 2.04. The zero-order chi connectivity index (χ0) is 16.7. The fourth-order valence-corrected chi connectivity index (χ4v) is 3.43. The number of nitrogens with one attached hydrogen (secondary N) is 3. The van der Waals surface area contributed by atoms with Crippen LogP contribution < -0.4 is 15.1 Å². The number of likely N-dealkylation sites (tertiary alicyclic amines) is 1. The van der Waals surface area contributed by atoms with Crippen molar-refractivity contribution in [3.63, 3.8) is 0 Å². The SMILES string of the molecule is C[C@H](CCc1ccccc1)NC(=O)C[NH+](C)C1CC[NH+](C)CC1. The molecule has 1 aromatic carbocycles. The van der Waals surface area contributed by atoms with Crippen molar-refractivity contribution in [3.8, 4) is 0 Å². The van der Waals surface area contributed by atoms with Crippen molar-refractivity contribution >= 4 is 5.91 Å². The molecule has 1 aromatic rings. The molecule has 0 aliphatic carbocycles. The molecule has 0 radical (unpaired) electrons. The fourth-order valence-electron chi connectivity index (χ4n) is 3.43. The Hall–Kier alpha value is -1.39. The van der Waals surface area contributed by atoms with E-state index >= 15 is 0 Å². The van der Waals surface area contributed by atoms with Crippen LogP contribution in [0.5, 0.6) is 0 Å². The maximum Gasteiger partial charge on any atom is 0.275 e. The van der Waals surface area contributed by atoms with E-state index in [9.17, 15) is 4.79 Å². The fraction of sp³-hybridized carbons (Fsp3) is 0.632. The summed E-state index contributed by atoms with van der Waals surface area (Å²) in [4.78, 5) is 15.2. The van der Waals surface area contributed by atoms with Crippen molar-refractivity contribution < 1.29 is 14.6 Å². The zero-order valence-electron chi connectivity index (χ0n) is 14.9. The van der Waals surface area contributed by atoms with Gasteiger partial charge in [0.1, 0.15) is 0 Å². The molecule has 0 bridgehead atoms. The minimum Gasteiger partial charge on any atom is -0.349 e. The van der Waals surface area contributed by atoms with Gasteiger partial charge in [-0.25, -0.2) is 0 Å². The van der Waals surface area contributed by atoms with E-state index in [0.717, 1.165) is 12.8 Å². The molecule has 0 spiro atoms. The van der Waals surface area contributed by atoms with Gasteiger partial charge in [0.2, 0.25) is 0 Å². The van der Waals surface area contributed by atoms with E-state index in [-0.39, 0.29) is 11.9 Å². The first kappa shape index (κ1) is 18.0. The normalized spacial score (nSPS) is 24.0. The molecule has 0 saturated carbocycles. The van der Waals surface area contributed by atoms with Crippen LogP contribution in [0.1, 0.15) is 31.7 Å². The summed E-state index contributed by atoms with van der Waals surface area (Å²) in [5.74, 6) is 0.189. The number of benzene rings is 1. The number of quaternary nitrogens is 2. The molecule has 1 aliphatic rings. The molecule has 3 N–H and O–H groups in total. The van der Waals surface area contributed by atoms with Crippen molar-refractivity contribution in [2.45, 2.75) is 44.7 Å². The van der Waals surface area contributed by atoms with Crippen LogP contribution in [0.2, 0.25) is 0 Å². The molecule has 1 fully saturated rings. The van der Waals surface area contributed by atoms with Gasteiger partial charge in [-0.05, 0) is 25.3 Å². The van der Waals surface area contributed by atoms with E-state index in [2.05, 4.69) is 50.6 Å². The summed E-state index contributed by atoms with van der Waals surface area (Å²) in [6, 6.07) is 11.3. The van der Waals surface area contributed by atoms with Gasteiger partial charge in [0, 0.05) is 18.9 Å². The van der Waals surface area contributed by atoms with Gasteiger partial charge in [-0.1, -0.05) is 30.3 Å². The Kier molecular flexibility index (Phi) is 7.06. The summed E-state index contributed by atoms with van der Waals surface area (Å²) in [6.45, 7) is 5.17. The Labute approximate surface area is 140 Å². The van der Waals surface area contributed by atoms with E-state index in [1.807, 2.05) is 6.07 Å². The van der Waals surface area contributed by atoms with Crippen LogP contribution >= 0.6 is 0 Å². The molecule has 1 amide bonds. The summed E-state index contributed by atoms with van der Waals surface area (Å²) >= 11 is 0. The molecular weight excluding hydrogens is 286 g/mol. The van der Waals surface area contributed by atoms with Gasteiger partial charge in [0.05, 0.1) is 33.2 Å². The van der Waals surface area contributed by atoms with Crippen LogP contribution in [0, 0.1) is 0 Å². The summed E-state index contributed by atoms with van der Waals surface area (Å²) < 4.78 is 0. The monoisotopic (exact) mass is 319 g/mol. The molecule has 4 nitrogen and oxygen atoms in total. The van der Waals surface area contributed by atoms with E-state index in [0.29, 0.717) is 12.6 Å². The van der Waals surface area contributed by atoms with Crippen LogP contribution in [0.4, 0.5) is 0 Å². The Balaban J connectivity index is 1.67. The van der Waals surface area contributed by atoms with Crippen LogP contribution in [-0.4, -0.2) is 51.7 Å². The number of carbonyl (C=O) groups excluding carboxylic acids is 1. The number of piperidine rings is 1. The van der Waals surface area contributed by atoms with Crippen molar-refractivity contribution in [2.75, 3.05) is 33.7 Å². The molecule has 23 heavy (non-hydrogen) atoms. The van der Waals surface area contributed by atoms with E-state index < -0.39 is 0 Å². The van der Waals surface area contributed by atoms with Crippen molar-refractivity contribution in [3.05, 3.63) is 35.9 Å². The predicted molar refractivity (Wildman–Crippen MR) is 93.8 cm³/mol. The van der Waals surface area contributed by atoms with Crippen LogP contribution in [0.3, 0.4) is 0 Å². The van der Waals surface area contributed by atoms with Crippen LogP contribution in [0.15, 0.2) is 30.3 Å². The van der Waals surface area contributed by atoms with Crippen molar-refractivity contribution in [2.24, 2.45) is 0 Å². The minimum absolute atomic E-state index is 0.189. The number of rotatable bonds is 7. The molecule has 0 aromatic heterocycles. The van der Waals surface area contributed by atoms with Gasteiger partial charge in [-0.2, -0.15) is 0 Å². The third-order valence-electron chi connectivity index (χ3n) is 5.09. The number of hydrogen-bond acceptors (Lipinski definition) is 1. The molecule has 1 heterocycles. The predicted octanol–water partition coefficient (Wildman–Crippen LogP) is -0.684. The second kappa shape index (κ2) is 9.04. The standard InChI is InChI=1S/C19H31N3O/c1-16(9-10-17-7-5-4-6-8-17)20-19(23)15-22(3)18-11-13-21(2)14-12-18/h4-8,16,18H,9-15H2,1-3H3,(H,20,23)/p+2/t16-/m1/s1. The first-order valence-corrected chi connectivity index (χ1v) is 9.01. The maximum absolute atomic E-state index is 12.2. The molecule has 128 valence electrons. The third kappa shape index (κ3) is 6.32. The first-order valence-electron chi connectivity index (χ1n) is 9.01. The average Bonchev–Trinajstić information content (AvgIpc) is 2.54. The molecule has 2 rings (SSSR count). The molecule has 2 atom stereocenters. The van der Waals surface area contributed by atoms with Crippen molar-refractivity contribution in [1.29, 1.82) is 0 Å². The van der Waals surface area contributed by atoms with Gasteiger partial charge < -0.3 is 15.1 Å². The van der Waals surface area contributed by atoms with Gasteiger partial charge in [0.15, 0.2) is 6.54 Å². The number of aryl methyl sites for hydroxylation is 1. The lowest BCUT2D eigenvalue weighted by atomic mass is 10.0. The highest BCUT2D eigenvalue weighted by Gasteiger charge is 2.27. The van der Waals surface area contributed by atoms with Crippen LogP contribution in [0.25, 0.3) is 0 Å². The van der Waals surface area contributed by atoms with E-state index in [1.54, 1.807) is 4.90 Å². The summed E-state index contributed by atoms with van der Waals surface area (Å²) in [6.07, 6.45) is 4.47. The number of amides is 1. The highest BCUT2D eigenvalue weighted by atomic mass is 16.2. The topological polar surface area (TPSA) is 38.0 Å². The van der Waals surface area contributed by atoms with Crippen molar-refractivity contribution in [1.82, 2.24) is 5.32 Å². The zero-order valence-corrected chi connectivity index (χ0v) is 14.9. The third-order valence-corrected chi connectivity index (χ3v) is 5.09. The summed E-state index contributed by atoms with van der Waals surface area (Å²) in [5, 5.41) is 3.16. The summed E-state index contributed by atoms with van der Waals surface area (Å²) in [5.41, 5.74) is 1.34. The average molecular weight is 319 g/mol. The van der Waals surface area contributed by atoms with Gasteiger partial charge in [-0.3, -0.25) is 4.79 Å². The Bertz CT molecular complexity index is 469. The van der Waals surface area contributed by atoms with E-state index in [1.165, 1.54) is 36.4 Å². The van der Waals surface area contributed by atoms with Gasteiger partial charge >= 0.3 is 0 Å². The molecular formula is C19H33N3O+2. The molecule has 1 aliphatic heterocycles. The second-order valence-electron chi connectivity index (χ2n) is 7.25. The highest BCUT2D eigenvalue weighted by molar-refractivity contribution is 5.77. The summed E-state index contributed by atoms with van der Waals surface area (Å²) in [7, 11) is 4.42. The lowest BCUT2D eigenvalue weighted by Crippen LogP contribution is -3.18. The minimum atomic E-state index is 0.189. The maximum atomic E-state index is 12.2. The first-order chi connectivity index (χ1) is 11.0. The van der Waals surface area contributed by atoms with Gasteiger partial charge in [0.25, 0.3) is 5.91 Å². The van der Waals surface area contributed by atoms with Crippen LogP contribution in [-0.2, 0) is 11.2 Å². The smallest absolute Gasteiger partial charge is 0.275 e. The molecule has 1 saturated heterocycles. The second-order valence-corrected chi connectivity index (χ2v) is 7.25. The lowest BCUT2D eigenvalue weighted by molar-refractivity contribution is -0.935. The van der Waals surface area contributed by atoms with E-state index in [4.69, 9.17) is 0 Å². The molecule has 1 unspecified atom stereocenters.